The van der Waals surface area contributed by atoms with Gasteiger partial charge in [0.25, 0.3) is 5.91 Å². The van der Waals surface area contributed by atoms with Crippen LogP contribution in [0.2, 0.25) is 0 Å². The van der Waals surface area contributed by atoms with Gasteiger partial charge in [-0.2, -0.15) is 13.2 Å². The summed E-state index contributed by atoms with van der Waals surface area (Å²) < 4.78 is 47.7. The molecule has 1 aliphatic rings. The molecule has 1 amide bonds. The predicted octanol–water partition coefficient (Wildman–Crippen LogP) is 6.44. The minimum Gasteiger partial charge on any atom is -0.496 e. The van der Waals surface area contributed by atoms with Crippen molar-refractivity contribution in [3.05, 3.63) is 71.1 Å². The molecule has 7 heteroatoms. The van der Waals surface area contributed by atoms with E-state index >= 15 is 0 Å². The SMILES string of the molecule is C=C(c1ccc2n1CC(C)/C(CC)=C\CCN(C(=O)c1cccc(C)c1OC)CC2)C(F)(F)F. The quantitative estimate of drug-likeness (QED) is 0.478. The summed E-state index contributed by atoms with van der Waals surface area (Å²) >= 11 is 0. The number of halogens is 3. The minimum atomic E-state index is -4.50. The Kier molecular flexibility index (Phi) is 7.95. The molecule has 0 aliphatic carbocycles. The van der Waals surface area contributed by atoms with Crippen molar-refractivity contribution in [3.8, 4) is 5.75 Å². The van der Waals surface area contributed by atoms with Gasteiger partial charge in [0.1, 0.15) is 5.75 Å². The molecule has 3 rings (SSSR count). The molecule has 1 atom stereocenters. The smallest absolute Gasteiger partial charge is 0.417 e. The van der Waals surface area contributed by atoms with Crippen molar-refractivity contribution in [2.45, 2.75) is 52.8 Å². The van der Waals surface area contributed by atoms with Crippen LogP contribution in [0.3, 0.4) is 0 Å². The molecule has 0 bridgehead atoms. The predicted molar refractivity (Wildman–Crippen MR) is 129 cm³/mol. The monoisotopic (exact) mass is 474 g/mol. The number of hydrogen-bond donors (Lipinski definition) is 0. The molecule has 184 valence electrons. The summed E-state index contributed by atoms with van der Waals surface area (Å²) in [7, 11) is 1.55. The van der Waals surface area contributed by atoms with E-state index in [2.05, 4.69) is 19.6 Å². The number of rotatable bonds is 4. The van der Waals surface area contributed by atoms with Gasteiger partial charge < -0.3 is 14.2 Å². The third kappa shape index (κ3) is 5.40. The van der Waals surface area contributed by atoms with E-state index in [0.717, 1.165) is 17.7 Å². The second-order valence-corrected chi connectivity index (χ2v) is 8.82. The van der Waals surface area contributed by atoms with Gasteiger partial charge in [-0.1, -0.05) is 44.2 Å². The van der Waals surface area contributed by atoms with Crippen molar-refractivity contribution >= 4 is 11.5 Å². The number of alkyl halides is 3. The maximum absolute atomic E-state index is 13.5. The van der Waals surface area contributed by atoms with Gasteiger partial charge >= 0.3 is 6.18 Å². The molecule has 0 spiro atoms. The fraction of sp³-hybridized carbons (Fsp3) is 0.444. The zero-order chi connectivity index (χ0) is 25.0. The second kappa shape index (κ2) is 10.5. The number of ether oxygens (including phenoxy) is 1. The topological polar surface area (TPSA) is 34.5 Å². The molecular weight excluding hydrogens is 441 g/mol. The van der Waals surface area contributed by atoms with E-state index in [1.54, 1.807) is 28.7 Å². The van der Waals surface area contributed by atoms with Crippen LogP contribution < -0.4 is 4.74 Å². The number of allylic oxidation sites excluding steroid dienone is 2. The highest BCUT2D eigenvalue weighted by Crippen LogP contribution is 2.34. The molecule has 0 N–H and O–H groups in total. The summed E-state index contributed by atoms with van der Waals surface area (Å²) in [5.74, 6) is 0.472. The Morgan fingerprint density at radius 1 is 1.21 bits per heavy atom. The highest BCUT2D eigenvalue weighted by molar-refractivity contribution is 5.97. The first-order chi connectivity index (χ1) is 16.1. The van der Waals surface area contributed by atoms with E-state index in [1.165, 1.54) is 11.6 Å². The van der Waals surface area contributed by atoms with Crippen LogP contribution in [0.25, 0.3) is 5.57 Å². The van der Waals surface area contributed by atoms with Gasteiger partial charge in [-0.15, -0.1) is 0 Å². The number of hydrogen-bond acceptors (Lipinski definition) is 2. The zero-order valence-electron chi connectivity index (χ0n) is 20.3. The lowest BCUT2D eigenvalue weighted by Crippen LogP contribution is -2.34. The fourth-order valence-corrected chi connectivity index (χ4v) is 4.67. The van der Waals surface area contributed by atoms with E-state index < -0.39 is 11.7 Å². The number of fused-ring (bicyclic) bond motifs is 1. The molecule has 0 fully saturated rings. The van der Waals surface area contributed by atoms with Gasteiger partial charge in [-0.3, -0.25) is 4.79 Å². The number of carbonyl (C=O) groups excluding carboxylic acids is 1. The first kappa shape index (κ1) is 25.7. The highest BCUT2D eigenvalue weighted by atomic mass is 19.4. The number of carbonyl (C=O) groups is 1. The normalized spacial score (nSPS) is 19.0. The molecule has 1 unspecified atom stereocenters. The van der Waals surface area contributed by atoms with Crippen molar-refractivity contribution in [1.29, 1.82) is 0 Å². The Morgan fingerprint density at radius 3 is 2.59 bits per heavy atom. The molecule has 2 heterocycles. The summed E-state index contributed by atoms with van der Waals surface area (Å²) in [4.78, 5) is 15.3. The van der Waals surface area contributed by atoms with Crippen LogP contribution in [-0.2, 0) is 13.0 Å². The van der Waals surface area contributed by atoms with Crippen molar-refractivity contribution in [2.24, 2.45) is 5.92 Å². The van der Waals surface area contributed by atoms with Gasteiger partial charge in [-0.25, -0.2) is 0 Å². The summed E-state index contributed by atoms with van der Waals surface area (Å²) in [6.07, 6.45) is -0.445. The highest BCUT2D eigenvalue weighted by Gasteiger charge is 2.35. The van der Waals surface area contributed by atoms with Crippen LogP contribution in [0, 0.1) is 12.8 Å². The van der Waals surface area contributed by atoms with Gasteiger partial charge in [-0.05, 0) is 49.4 Å². The van der Waals surface area contributed by atoms with E-state index in [1.807, 2.05) is 26.0 Å². The average molecular weight is 475 g/mol. The molecule has 0 saturated carbocycles. The van der Waals surface area contributed by atoms with Crippen molar-refractivity contribution in [3.63, 3.8) is 0 Å². The summed E-state index contributed by atoms with van der Waals surface area (Å²) in [6.45, 7) is 10.7. The zero-order valence-corrected chi connectivity index (χ0v) is 20.3. The molecule has 2 aromatic rings. The lowest BCUT2D eigenvalue weighted by atomic mass is 9.97. The molecule has 0 radical (unpaired) electrons. The van der Waals surface area contributed by atoms with Crippen LogP contribution in [0.15, 0.2) is 48.6 Å². The first-order valence-electron chi connectivity index (χ1n) is 11.6. The van der Waals surface area contributed by atoms with Crippen LogP contribution in [0.4, 0.5) is 13.2 Å². The Labute approximate surface area is 199 Å². The van der Waals surface area contributed by atoms with E-state index in [9.17, 15) is 18.0 Å². The van der Waals surface area contributed by atoms with Gasteiger partial charge in [0, 0.05) is 31.7 Å². The summed E-state index contributed by atoms with van der Waals surface area (Å²) in [6, 6.07) is 8.69. The van der Waals surface area contributed by atoms with E-state index in [-0.39, 0.29) is 17.5 Å². The molecule has 4 nitrogen and oxygen atoms in total. The molecule has 0 saturated heterocycles. The van der Waals surface area contributed by atoms with Crippen molar-refractivity contribution in [1.82, 2.24) is 9.47 Å². The molecule has 1 aliphatic heterocycles. The number of para-hydroxylation sites is 1. The van der Waals surface area contributed by atoms with E-state index in [0.29, 0.717) is 43.8 Å². The first-order valence-corrected chi connectivity index (χ1v) is 11.6. The number of aromatic nitrogens is 1. The fourth-order valence-electron chi connectivity index (χ4n) is 4.67. The lowest BCUT2D eigenvalue weighted by Gasteiger charge is -2.24. The molecular formula is C27H33F3N2O2. The Hall–Kier alpha value is -2.96. The maximum Gasteiger partial charge on any atom is 0.417 e. The standard InChI is InChI=1S/C27H33F3N2O2/c1-6-21-10-8-15-31(26(33)23-11-7-9-18(2)25(23)34-5)16-14-22-12-13-24(20(4)27(28,29)30)32(22)17-19(21)3/h7,9-13,19H,4,6,8,14-17H2,1-3,5H3/b21-10-. The van der Waals surface area contributed by atoms with Crippen LogP contribution in [-0.4, -0.2) is 41.7 Å². The number of aryl methyl sites for hydroxylation is 1. The minimum absolute atomic E-state index is 0.0649. The summed E-state index contributed by atoms with van der Waals surface area (Å²) in [5.41, 5.74) is 2.54. The number of amides is 1. The van der Waals surface area contributed by atoms with Crippen molar-refractivity contribution in [2.75, 3.05) is 20.2 Å². The molecule has 1 aromatic carbocycles. The summed E-state index contributed by atoms with van der Waals surface area (Å²) in [5, 5.41) is 0. The Morgan fingerprint density at radius 2 is 1.94 bits per heavy atom. The van der Waals surface area contributed by atoms with E-state index in [4.69, 9.17) is 4.74 Å². The number of benzene rings is 1. The number of nitrogens with zero attached hydrogens (tertiary/aromatic N) is 2. The van der Waals surface area contributed by atoms with Gasteiger partial charge in [0.05, 0.1) is 23.9 Å². The van der Waals surface area contributed by atoms with Gasteiger partial charge in [0.2, 0.25) is 0 Å². The Bertz CT molecular complexity index is 1080. The Balaban J connectivity index is 2.01. The third-order valence-electron chi connectivity index (χ3n) is 6.60. The number of methoxy groups -OCH3 is 1. The third-order valence-corrected chi connectivity index (χ3v) is 6.60. The lowest BCUT2D eigenvalue weighted by molar-refractivity contribution is -0.0691. The van der Waals surface area contributed by atoms with Crippen molar-refractivity contribution < 1.29 is 22.7 Å². The second-order valence-electron chi connectivity index (χ2n) is 8.82. The maximum atomic E-state index is 13.5. The molecule has 34 heavy (non-hydrogen) atoms. The molecule has 1 aromatic heterocycles. The van der Waals surface area contributed by atoms with Crippen LogP contribution in [0.5, 0.6) is 5.75 Å². The average Bonchev–Trinajstić information content (AvgIpc) is 3.17. The largest absolute Gasteiger partial charge is 0.496 e. The van der Waals surface area contributed by atoms with Gasteiger partial charge in [0.15, 0.2) is 0 Å². The van der Waals surface area contributed by atoms with Crippen LogP contribution in [0.1, 0.15) is 54.0 Å². The van der Waals surface area contributed by atoms with Crippen LogP contribution >= 0.6 is 0 Å².